The van der Waals surface area contributed by atoms with Gasteiger partial charge in [0.25, 0.3) is 0 Å². The average molecular weight is 258 g/mol. The third-order valence-electron chi connectivity index (χ3n) is 3.82. The molecule has 1 aromatic heterocycles. The van der Waals surface area contributed by atoms with Crippen LogP contribution in [0.5, 0.6) is 0 Å². The summed E-state index contributed by atoms with van der Waals surface area (Å²) < 4.78 is 12.0. The first-order valence-corrected chi connectivity index (χ1v) is 6.30. The number of hydrogen-bond donors (Lipinski definition) is 1. The molecule has 1 aromatic rings. The van der Waals surface area contributed by atoms with E-state index in [1.54, 1.807) is 6.20 Å². The van der Waals surface area contributed by atoms with Gasteiger partial charge in [-0.25, -0.2) is 0 Å². The maximum absolute atomic E-state index is 5.98. The van der Waals surface area contributed by atoms with Crippen molar-refractivity contribution in [2.24, 2.45) is 0 Å². The number of rotatable bonds is 2. The zero-order chi connectivity index (χ0) is 14.3. The second kappa shape index (κ2) is 4.55. The summed E-state index contributed by atoms with van der Waals surface area (Å²) in [6, 6.07) is 1.86. The van der Waals surface area contributed by atoms with Crippen molar-refractivity contribution in [2.75, 3.05) is 5.73 Å². The monoisotopic (exact) mass is 258 g/mol. The van der Waals surface area contributed by atoms with Crippen LogP contribution in [-0.4, -0.2) is 23.3 Å². The van der Waals surface area contributed by atoms with Crippen LogP contribution < -0.4 is 11.2 Å². The smallest absolute Gasteiger partial charge is 0.399 e. The highest BCUT2D eigenvalue weighted by Crippen LogP contribution is 2.36. The molecule has 0 radical (unpaired) electrons. The molecule has 100 valence electrons. The van der Waals surface area contributed by atoms with E-state index in [-0.39, 0.29) is 11.2 Å². The third kappa shape index (κ3) is 2.47. The average Bonchev–Trinajstić information content (AvgIpc) is 2.51. The lowest BCUT2D eigenvalue weighted by Crippen LogP contribution is -2.41. The fourth-order valence-corrected chi connectivity index (χ4v) is 1.90. The molecular formula is C14H19BN2O2. The first-order chi connectivity index (χ1) is 8.77. The number of anilines is 1. The van der Waals surface area contributed by atoms with Gasteiger partial charge in [-0.2, -0.15) is 0 Å². The van der Waals surface area contributed by atoms with E-state index in [4.69, 9.17) is 21.5 Å². The van der Waals surface area contributed by atoms with Crippen molar-refractivity contribution in [1.29, 1.82) is 0 Å². The summed E-state index contributed by atoms with van der Waals surface area (Å²) in [5.74, 6) is 2.57. The molecule has 1 aliphatic rings. The zero-order valence-corrected chi connectivity index (χ0v) is 11.9. The Morgan fingerprint density at radius 1 is 1.32 bits per heavy atom. The van der Waals surface area contributed by atoms with Crippen LogP contribution in [0, 0.1) is 12.3 Å². The van der Waals surface area contributed by atoms with Gasteiger partial charge in [-0.15, -0.1) is 12.3 Å². The van der Waals surface area contributed by atoms with Gasteiger partial charge >= 0.3 is 7.12 Å². The van der Waals surface area contributed by atoms with Crippen LogP contribution in [0.3, 0.4) is 0 Å². The lowest BCUT2D eigenvalue weighted by atomic mass is 9.78. The lowest BCUT2D eigenvalue weighted by Gasteiger charge is -2.32. The molecule has 19 heavy (non-hydrogen) atoms. The highest BCUT2D eigenvalue weighted by atomic mass is 16.7. The van der Waals surface area contributed by atoms with Crippen molar-refractivity contribution >= 4 is 18.3 Å². The molecule has 0 unspecified atom stereocenters. The van der Waals surface area contributed by atoms with Crippen LogP contribution in [0.25, 0.3) is 0 Å². The van der Waals surface area contributed by atoms with E-state index in [9.17, 15) is 0 Å². The number of hydrogen-bond acceptors (Lipinski definition) is 4. The van der Waals surface area contributed by atoms with Gasteiger partial charge < -0.3 is 15.0 Å². The molecule has 4 nitrogen and oxygen atoms in total. The molecule has 0 atom stereocenters. The molecular weight excluding hydrogens is 239 g/mol. The van der Waals surface area contributed by atoms with Crippen molar-refractivity contribution in [3.05, 3.63) is 18.0 Å². The van der Waals surface area contributed by atoms with Crippen LogP contribution in [0.4, 0.5) is 5.69 Å². The molecule has 0 spiro atoms. The molecule has 0 bridgehead atoms. The molecule has 0 amide bonds. The summed E-state index contributed by atoms with van der Waals surface area (Å²) in [6.45, 7) is 8.03. The molecule has 2 heterocycles. The van der Waals surface area contributed by atoms with Crippen LogP contribution >= 0.6 is 0 Å². The topological polar surface area (TPSA) is 57.4 Å². The van der Waals surface area contributed by atoms with Crippen molar-refractivity contribution in [1.82, 2.24) is 4.98 Å². The van der Waals surface area contributed by atoms with Crippen molar-refractivity contribution in [3.63, 3.8) is 0 Å². The second-order valence-corrected chi connectivity index (χ2v) is 5.77. The van der Waals surface area contributed by atoms with E-state index in [1.165, 1.54) is 0 Å². The number of aromatic nitrogens is 1. The normalized spacial score (nSPS) is 20.3. The van der Waals surface area contributed by atoms with Gasteiger partial charge in [0, 0.05) is 17.3 Å². The number of nitrogen functional groups attached to an aromatic ring is 1. The van der Waals surface area contributed by atoms with Gasteiger partial charge in [-0.3, -0.25) is 4.98 Å². The van der Waals surface area contributed by atoms with Crippen LogP contribution in [0.15, 0.2) is 12.3 Å². The predicted octanol–water partition coefficient (Wildman–Crippen LogP) is 1.14. The fraction of sp³-hybridized carbons (Fsp3) is 0.500. The standard InChI is InChI=1S/C14H19BN2O2/c1-6-7-10-8-11(12(16)9-17-10)15-18-13(2,3)14(4,5)19-15/h1,8-9H,7,16H2,2-5H3. The number of nitrogens with two attached hydrogens (primary N) is 1. The molecule has 5 heteroatoms. The molecule has 1 saturated heterocycles. The van der Waals surface area contributed by atoms with E-state index < -0.39 is 7.12 Å². The minimum Gasteiger partial charge on any atom is -0.399 e. The maximum Gasteiger partial charge on any atom is 0.497 e. The number of nitrogens with zero attached hydrogens (tertiary/aromatic N) is 1. The van der Waals surface area contributed by atoms with Crippen molar-refractivity contribution in [3.8, 4) is 12.3 Å². The quantitative estimate of drug-likeness (QED) is 0.638. The summed E-state index contributed by atoms with van der Waals surface area (Å²) in [7, 11) is -0.482. The number of pyridine rings is 1. The summed E-state index contributed by atoms with van der Waals surface area (Å²) in [5.41, 5.74) is 7.33. The molecule has 2 N–H and O–H groups in total. The van der Waals surface area contributed by atoms with E-state index >= 15 is 0 Å². The van der Waals surface area contributed by atoms with Gasteiger partial charge in [0.1, 0.15) is 0 Å². The van der Waals surface area contributed by atoms with E-state index in [0.717, 1.165) is 11.2 Å². The highest BCUT2D eigenvalue weighted by Gasteiger charge is 2.52. The molecule has 0 aromatic carbocycles. The summed E-state index contributed by atoms with van der Waals surface area (Å²) >= 11 is 0. The minimum atomic E-state index is -0.482. The van der Waals surface area contributed by atoms with Crippen LogP contribution in [0.2, 0.25) is 0 Å². The number of terminal acetylenes is 1. The SMILES string of the molecule is C#CCc1cc(B2OC(C)(C)C(C)(C)O2)c(N)cn1. The Bertz CT molecular complexity index is 519. The predicted molar refractivity (Wildman–Crippen MR) is 76.9 cm³/mol. The first-order valence-electron chi connectivity index (χ1n) is 6.30. The molecule has 0 aliphatic carbocycles. The summed E-state index contributed by atoms with van der Waals surface area (Å²) in [4.78, 5) is 4.19. The second-order valence-electron chi connectivity index (χ2n) is 5.77. The Labute approximate surface area is 114 Å². The maximum atomic E-state index is 5.98. The highest BCUT2D eigenvalue weighted by molar-refractivity contribution is 6.63. The van der Waals surface area contributed by atoms with Gasteiger partial charge in [0.15, 0.2) is 0 Å². The largest absolute Gasteiger partial charge is 0.497 e. The van der Waals surface area contributed by atoms with Crippen LogP contribution in [0.1, 0.15) is 33.4 Å². The Morgan fingerprint density at radius 3 is 2.42 bits per heavy atom. The van der Waals surface area contributed by atoms with Gasteiger partial charge in [0.2, 0.25) is 0 Å². The molecule has 1 fully saturated rings. The fourth-order valence-electron chi connectivity index (χ4n) is 1.90. The van der Waals surface area contributed by atoms with Gasteiger partial charge in [-0.1, -0.05) is 0 Å². The summed E-state index contributed by atoms with van der Waals surface area (Å²) in [5, 5.41) is 0. The lowest BCUT2D eigenvalue weighted by molar-refractivity contribution is 0.00578. The Balaban J connectivity index is 2.34. The molecule has 0 saturated carbocycles. The Kier molecular flexibility index (Phi) is 3.33. The van der Waals surface area contributed by atoms with Crippen molar-refractivity contribution in [2.45, 2.75) is 45.3 Å². The molecule has 1 aliphatic heterocycles. The van der Waals surface area contributed by atoms with Gasteiger partial charge in [0.05, 0.1) is 23.3 Å². The minimum absolute atomic E-state index is 0.389. The van der Waals surface area contributed by atoms with Crippen LogP contribution in [-0.2, 0) is 15.7 Å². The van der Waals surface area contributed by atoms with Gasteiger partial charge in [-0.05, 0) is 33.8 Å². The summed E-state index contributed by atoms with van der Waals surface area (Å²) in [6.07, 6.45) is 7.37. The Hall–Kier alpha value is -1.51. The van der Waals surface area contributed by atoms with Crippen molar-refractivity contribution < 1.29 is 9.31 Å². The van der Waals surface area contributed by atoms with E-state index in [2.05, 4.69) is 10.9 Å². The Morgan fingerprint density at radius 2 is 1.89 bits per heavy atom. The van der Waals surface area contributed by atoms with E-state index in [1.807, 2.05) is 33.8 Å². The third-order valence-corrected chi connectivity index (χ3v) is 3.82. The first kappa shape index (κ1) is 13.9. The van der Waals surface area contributed by atoms with E-state index in [0.29, 0.717) is 12.1 Å². The zero-order valence-electron chi connectivity index (χ0n) is 11.9. The molecule has 2 rings (SSSR count).